The average Bonchev–Trinajstić information content (AvgIpc) is 3.40. The smallest absolute Gasteiger partial charge is 0.269 e. The zero-order valence-corrected chi connectivity index (χ0v) is 19.6. The summed E-state index contributed by atoms with van der Waals surface area (Å²) in [7, 11) is 2.13. The Balaban J connectivity index is 1.37. The normalized spacial score (nSPS) is 28.1. The number of non-ortho nitro benzene ring substituents is 1. The van der Waals surface area contributed by atoms with Crippen molar-refractivity contribution >= 4 is 11.6 Å². The van der Waals surface area contributed by atoms with E-state index >= 15 is 0 Å². The van der Waals surface area contributed by atoms with Gasteiger partial charge in [0, 0.05) is 29.8 Å². The molecule has 3 heterocycles. The van der Waals surface area contributed by atoms with Gasteiger partial charge in [0.15, 0.2) is 0 Å². The Kier molecular flexibility index (Phi) is 6.14. The number of fused-ring (bicyclic) bond motifs is 2. The van der Waals surface area contributed by atoms with Gasteiger partial charge in [0.25, 0.3) is 5.69 Å². The van der Waals surface area contributed by atoms with E-state index in [0.717, 1.165) is 19.3 Å². The molecule has 4 atom stereocenters. The average molecular weight is 466 g/mol. The number of nitro benzene ring substituents is 1. The third-order valence-corrected chi connectivity index (χ3v) is 7.84. The summed E-state index contributed by atoms with van der Waals surface area (Å²) in [5, 5.41) is 14.2. The molecule has 0 aromatic heterocycles. The van der Waals surface area contributed by atoms with E-state index in [-0.39, 0.29) is 36.0 Å². The Labute approximate surface area is 199 Å². The maximum absolute atomic E-state index is 13.7. The number of nitrogens with zero attached hydrogens (tertiary/aromatic N) is 2. The molecular formula is C26H31N3O5. The summed E-state index contributed by atoms with van der Waals surface area (Å²) < 4.78 is 11.9. The molecule has 0 radical (unpaired) electrons. The Morgan fingerprint density at radius 3 is 2.44 bits per heavy atom. The summed E-state index contributed by atoms with van der Waals surface area (Å²) in [5.74, 6) is -1.14. The van der Waals surface area contributed by atoms with Crippen LogP contribution in [0.2, 0.25) is 0 Å². The zero-order valence-electron chi connectivity index (χ0n) is 19.6. The van der Waals surface area contributed by atoms with Crippen molar-refractivity contribution in [3.8, 4) is 0 Å². The van der Waals surface area contributed by atoms with Crippen molar-refractivity contribution in [2.45, 2.75) is 50.0 Å². The van der Waals surface area contributed by atoms with Gasteiger partial charge in [-0.15, -0.1) is 0 Å². The molecular weight excluding hydrogens is 434 g/mol. The van der Waals surface area contributed by atoms with Crippen LogP contribution in [-0.4, -0.2) is 54.6 Å². The van der Waals surface area contributed by atoms with Gasteiger partial charge in [-0.25, -0.2) is 0 Å². The van der Waals surface area contributed by atoms with Gasteiger partial charge in [-0.3, -0.25) is 19.8 Å². The third-order valence-electron chi connectivity index (χ3n) is 7.84. The number of aryl methyl sites for hydroxylation is 1. The van der Waals surface area contributed by atoms with E-state index in [2.05, 4.69) is 48.5 Å². The Morgan fingerprint density at radius 2 is 1.79 bits per heavy atom. The number of ether oxygens (including phenoxy) is 2. The van der Waals surface area contributed by atoms with Gasteiger partial charge in [0.2, 0.25) is 11.7 Å². The van der Waals surface area contributed by atoms with E-state index in [1.54, 1.807) is 12.1 Å². The van der Waals surface area contributed by atoms with Crippen LogP contribution >= 0.6 is 0 Å². The van der Waals surface area contributed by atoms with E-state index in [9.17, 15) is 14.9 Å². The van der Waals surface area contributed by atoms with Gasteiger partial charge in [-0.05, 0) is 56.8 Å². The number of hydrogen-bond donors (Lipinski definition) is 1. The first-order chi connectivity index (χ1) is 16.4. The molecule has 3 saturated heterocycles. The second-order valence-corrected chi connectivity index (χ2v) is 9.71. The SMILES string of the molecule is Cc1ccc([C@H]2C[C@@H]3CC[C@H]([C@H]2C(=O)NCC2(c4ccc([N+](=O)[O-])cc4)OCCO2)N3C)cc1. The predicted octanol–water partition coefficient (Wildman–Crippen LogP) is 3.49. The quantitative estimate of drug-likeness (QED) is 0.519. The number of hydrogen-bond acceptors (Lipinski definition) is 6. The minimum atomic E-state index is -1.14. The molecule has 2 aromatic carbocycles. The lowest BCUT2D eigenvalue weighted by atomic mass is 9.75. The first kappa shape index (κ1) is 23.0. The highest BCUT2D eigenvalue weighted by Crippen LogP contribution is 2.46. The zero-order chi connectivity index (χ0) is 23.9. The van der Waals surface area contributed by atoms with E-state index in [1.807, 2.05) is 0 Å². The van der Waals surface area contributed by atoms with Crippen molar-refractivity contribution in [3.05, 3.63) is 75.3 Å². The summed E-state index contributed by atoms with van der Waals surface area (Å²) in [6, 6.07) is 15.4. The highest BCUT2D eigenvalue weighted by molar-refractivity contribution is 5.81. The molecule has 8 heteroatoms. The highest BCUT2D eigenvalue weighted by atomic mass is 16.7. The van der Waals surface area contributed by atoms with Crippen molar-refractivity contribution in [3.63, 3.8) is 0 Å². The maximum Gasteiger partial charge on any atom is 0.269 e. The summed E-state index contributed by atoms with van der Waals surface area (Å²) >= 11 is 0. The second-order valence-electron chi connectivity index (χ2n) is 9.71. The highest BCUT2D eigenvalue weighted by Gasteiger charge is 2.49. The van der Waals surface area contributed by atoms with Gasteiger partial charge < -0.3 is 14.8 Å². The number of nitrogens with one attached hydrogen (secondary N) is 1. The van der Waals surface area contributed by atoms with Crippen LogP contribution in [0.25, 0.3) is 0 Å². The maximum atomic E-state index is 13.7. The molecule has 1 N–H and O–H groups in total. The molecule has 180 valence electrons. The van der Waals surface area contributed by atoms with E-state index in [4.69, 9.17) is 9.47 Å². The first-order valence-corrected chi connectivity index (χ1v) is 12.0. The van der Waals surface area contributed by atoms with Crippen molar-refractivity contribution in [1.82, 2.24) is 10.2 Å². The number of amides is 1. The predicted molar refractivity (Wildman–Crippen MR) is 126 cm³/mol. The van der Waals surface area contributed by atoms with Crippen LogP contribution in [0.4, 0.5) is 5.69 Å². The fourth-order valence-corrected chi connectivity index (χ4v) is 5.96. The monoisotopic (exact) mass is 465 g/mol. The molecule has 3 aliphatic rings. The standard InChI is InChI=1S/C26H31N3O5/c1-17-3-5-18(6-4-17)22-15-21-11-12-23(28(21)2)24(22)25(30)27-16-26(33-13-14-34-26)19-7-9-20(10-8-19)29(31)32/h3-10,21-24H,11-16H2,1-2H3,(H,27,30)/t21-,22+,23+,24-/m0/s1. The van der Waals surface area contributed by atoms with Crippen molar-refractivity contribution in [1.29, 1.82) is 0 Å². The molecule has 3 aliphatic heterocycles. The van der Waals surface area contributed by atoms with E-state index in [0.29, 0.717) is 24.8 Å². The Bertz CT molecular complexity index is 1050. The third kappa shape index (κ3) is 4.10. The van der Waals surface area contributed by atoms with Crippen LogP contribution in [0.1, 0.15) is 41.9 Å². The van der Waals surface area contributed by atoms with E-state index < -0.39 is 10.7 Å². The van der Waals surface area contributed by atoms with Crippen LogP contribution in [0.5, 0.6) is 0 Å². The molecule has 0 aliphatic carbocycles. The van der Waals surface area contributed by atoms with Crippen LogP contribution in [0.3, 0.4) is 0 Å². The van der Waals surface area contributed by atoms with E-state index in [1.165, 1.54) is 23.3 Å². The van der Waals surface area contributed by atoms with Crippen LogP contribution in [0.15, 0.2) is 48.5 Å². The summed E-state index contributed by atoms with van der Waals surface area (Å²) in [5.41, 5.74) is 3.09. The van der Waals surface area contributed by atoms with Crippen molar-refractivity contribution in [2.75, 3.05) is 26.8 Å². The lowest BCUT2D eigenvalue weighted by Crippen LogP contribution is -2.53. The second kappa shape index (κ2) is 9.09. The lowest BCUT2D eigenvalue weighted by molar-refractivity contribution is -0.384. The molecule has 8 nitrogen and oxygen atoms in total. The first-order valence-electron chi connectivity index (χ1n) is 12.0. The van der Waals surface area contributed by atoms with Gasteiger partial charge >= 0.3 is 0 Å². The van der Waals surface area contributed by atoms with Crippen molar-refractivity contribution in [2.24, 2.45) is 5.92 Å². The van der Waals surface area contributed by atoms with Gasteiger partial charge in [-0.1, -0.05) is 29.8 Å². The summed E-state index contributed by atoms with van der Waals surface area (Å²) in [4.78, 5) is 26.7. The molecule has 1 amide bonds. The lowest BCUT2D eigenvalue weighted by Gasteiger charge is -2.42. The number of carbonyl (C=O) groups excluding carboxylic acids is 1. The Hall–Kier alpha value is -2.81. The topological polar surface area (TPSA) is 93.9 Å². The fraction of sp³-hybridized carbons (Fsp3) is 0.500. The minimum Gasteiger partial charge on any atom is -0.350 e. The molecule has 2 bridgehead atoms. The van der Waals surface area contributed by atoms with Gasteiger partial charge in [-0.2, -0.15) is 0 Å². The Morgan fingerprint density at radius 1 is 1.12 bits per heavy atom. The number of benzene rings is 2. The number of rotatable bonds is 6. The van der Waals surface area contributed by atoms with Gasteiger partial charge in [0.05, 0.1) is 30.6 Å². The molecule has 5 rings (SSSR count). The number of piperidine rings is 1. The fourth-order valence-electron chi connectivity index (χ4n) is 5.96. The summed E-state index contributed by atoms with van der Waals surface area (Å²) in [6.07, 6.45) is 3.10. The molecule has 0 unspecified atom stereocenters. The largest absolute Gasteiger partial charge is 0.350 e. The molecule has 0 saturated carbocycles. The summed E-state index contributed by atoms with van der Waals surface area (Å²) in [6.45, 7) is 3.02. The number of carbonyl (C=O) groups is 1. The molecule has 2 aromatic rings. The van der Waals surface area contributed by atoms with Crippen LogP contribution < -0.4 is 5.32 Å². The van der Waals surface area contributed by atoms with Crippen molar-refractivity contribution < 1.29 is 19.2 Å². The van der Waals surface area contributed by atoms with Crippen LogP contribution in [-0.2, 0) is 20.1 Å². The van der Waals surface area contributed by atoms with Crippen LogP contribution in [0, 0.1) is 23.0 Å². The van der Waals surface area contributed by atoms with Gasteiger partial charge in [0.1, 0.15) is 0 Å². The molecule has 34 heavy (non-hydrogen) atoms. The minimum absolute atomic E-state index is 0.00269. The molecule has 3 fully saturated rings. The molecule has 0 spiro atoms. The number of nitro groups is 1.